The maximum Gasteiger partial charge on any atom is 0.130 e. The molecule has 1 heterocycles. The van der Waals surface area contributed by atoms with Crippen molar-refractivity contribution in [3.05, 3.63) is 70.9 Å². The number of hydrogen-bond donors (Lipinski definition) is 0. The zero-order valence-electron chi connectivity index (χ0n) is 11.2. The summed E-state index contributed by atoms with van der Waals surface area (Å²) >= 11 is 9.60. The Morgan fingerprint density at radius 1 is 1.00 bits per heavy atom. The van der Waals surface area contributed by atoms with Gasteiger partial charge >= 0.3 is 0 Å². The lowest BCUT2D eigenvalue weighted by Crippen LogP contribution is -2.00. The fraction of sp³-hybridized carbons (Fsp3) is 0.118. The summed E-state index contributed by atoms with van der Waals surface area (Å²) in [6.07, 6.45) is 0. The van der Waals surface area contributed by atoms with Gasteiger partial charge in [0, 0.05) is 21.3 Å². The lowest BCUT2D eigenvalue weighted by Gasteiger charge is -2.11. The van der Waals surface area contributed by atoms with Crippen LogP contribution >= 0.6 is 27.5 Å². The number of nitrogens with zero attached hydrogens (tertiary/aromatic N) is 1. The predicted molar refractivity (Wildman–Crippen MR) is 90.2 cm³/mol. The van der Waals surface area contributed by atoms with Gasteiger partial charge in [0.1, 0.15) is 12.4 Å². The zero-order valence-corrected chi connectivity index (χ0v) is 13.6. The van der Waals surface area contributed by atoms with E-state index in [-0.39, 0.29) is 0 Å². The van der Waals surface area contributed by atoms with Crippen molar-refractivity contribution in [2.45, 2.75) is 11.9 Å². The highest BCUT2D eigenvalue weighted by Crippen LogP contribution is 2.29. The Bertz CT molecular complexity index is 776. The van der Waals surface area contributed by atoms with Gasteiger partial charge in [-0.15, -0.1) is 0 Å². The molecule has 0 fully saturated rings. The highest BCUT2D eigenvalue weighted by atomic mass is 79.9. The van der Waals surface area contributed by atoms with Crippen LogP contribution in [0.15, 0.2) is 54.6 Å². The molecule has 0 amide bonds. The molecule has 0 saturated heterocycles. The molecule has 4 heteroatoms. The average Bonchev–Trinajstić information content (AvgIpc) is 2.52. The average molecular weight is 363 g/mol. The molecular formula is C17H13BrClNO. The fourth-order valence-electron chi connectivity index (χ4n) is 2.14. The minimum absolute atomic E-state index is 0.422. The van der Waals surface area contributed by atoms with Crippen molar-refractivity contribution < 1.29 is 4.74 Å². The SMILES string of the molecule is Clc1cccc(OCc2ccc3ccccc3n2)c1CBr. The molecule has 3 aromatic rings. The molecule has 21 heavy (non-hydrogen) atoms. The van der Waals surface area contributed by atoms with Crippen molar-refractivity contribution in [2.24, 2.45) is 0 Å². The number of fused-ring (bicyclic) bond motifs is 1. The van der Waals surface area contributed by atoms with Crippen LogP contribution in [0.3, 0.4) is 0 Å². The summed E-state index contributed by atoms with van der Waals surface area (Å²) in [4.78, 5) is 4.60. The Hall–Kier alpha value is -1.58. The van der Waals surface area contributed by atoms with Crippen molar-refractivity contribution in [3.8, 4) is 5.75 Å². The predicted octanol–water partition coefficient (Wildman–Crippen LogP) is 5.36. The lowest BCUT2D eigenvalue weighted by molar-refractivity contribution is 0.299. The summed E-state index contributed by atoms with van der Waals surface area (Å²) in [5.41, 5.74) is 2.83. The summed E-state index contributed by atoms with van der Waals surface area (Å²) in [5.74, 6) is 0.786. The molecule has 3 rings (SSSR count). The van der Waals surface area contributed by atoms with E-state index in [4.69, 9.17) is 16.3 Å². The van der Waals surface area contributed by atoms with Crippen molar-refractivity contribution in [1.29, 1.82) is 0 Å². The number of hydrogen-bond acceptors (Lipinski definition) is 2. The Labute approximate surface area is 136 Å². The number of aromatic nitrogens is 1. The van der Waals surface area contributed by atoms with Crippen molar-refractivity contribution in [3.63, 3.8) is 0 Å². The molecule has 0 N–H and O–H groups in total. The third-order valence-corrected chi connectivity index (χ3v) is 4.16. The van der Waals surface area contributed by atoms with Gasteiger partial charge in [0.25, 0.3) is 0 Å². The van der Waals surface area contributed by atoms with E-state index in [1.165, 1.54) is 0 Å². The number of para-hydroxylation sites is 1. The van der Waals surface area contributed by atoms with Crippen LogP contribution in [0.25, 0.3) is 10.9 Å². The van der Waals surface area contributed by atoms with Gasteiger partial charge < -0.3 is 4.74 Å². The second-order valence-electron chi connectivity index (χ2n) is 4.63. The van der Waals surface area contributed by atoms with E-state index in [0.717, 1.165) is 27.9 Å². The summed E-state index contributed by atoms with van der Waals surface area (Å²) < 4.78 is 5.87. The third kappa shape index (κ3) is 3.20. The molecule has 0 radical (unpaired) electrons. The van der Waals surface area contributed by atoms with E-state index in [1.54, 1.807) is 0 Å². The monoisotopic (exact) mass is 361 g/mol. The van der Waals surface area contributed by atoms with Gasteiger partial charge in [0.15, 0.2) is 0 Å². The summed E-state index contributed by atoms with van der Waals surface area (Å²) in [6, 6.07) is 17.8. The minimum Gasteiger partial charge on any atom is -0.487 e. The minimum atomic E-state index is 0.422. The summed E-state index contributed by atoms with van der Waals surface area (Å²) in [6.45, 7) is 0.422. The Kier molecular flexibility index (Phi) is 4.42. The highest BCUT2D eigenvalue weighted by Gasteiger charge is 2.07. The van der Waals surface area contributed by atoms with Gasteiger partial charge in [0.2, 0.25) is 0 Å². The van der Waals surface area contributed by atoms with Crippen LogP contribution in [0, 0.1) is 0 Å². The first-order chi connectivity index (χ1) is 10.3. The number of halogens is 2. The standard InChI is InChI=1S/C17H13BrClNO/c18-10-14-15(19)5-3-7-17(14)21-11-13-9-8-12-4-1-2-6-16(12)20-13/h1-9H,10-11H2. The highest BCUT2D eigenvalue weighted by molar-refractivity contribution is 9.08. The van der Waals surface area contributed by atoms with Gasteiger partial charge in [0.05, 0.1) is 11.2 Å². The van der Waals surface area contributed by atoms with Crippen LogP contribution in [-0.4, -0.2) is 4.98 Å². The maximum atomic E-state index is 6.16. The van der Waals surface area contributed by atoms with E-state index < -0.39 is 0 Å². The molecule has 0 atom stereocenters. The molecule has 1 aromatic heterocycles. The van der Waals surface area contributed by atoms with Crippen LogP contribution in [0.1, 0.15) is 11.3 Å². The van der Waals surface area contributed by atoms with Gasteiger partial charge in [-0.2, -0.15) is 0 Å². The van der Waals surface area contributed by atoms with E-state index in [9.17, 15) is 0 Å². The summed E-state index contributed by atoms with van der Waals surface area (Å²) in [7, 11) is 0. The van der Waals surface area contributed by atoms with Crippen LogP contribution in [-0.2, 0) is 11.9 Å². The fourth-order valence-corrected chi connectivity index (χ4v) is 3.12. The van der Waals surface area contributed by atoms with E-state index in [2.05, 4.69) is 27.0 Å². The molecule has 0 saturated carbocycles. The molecule has 0 unspecified atom stereocenters. The Morgan fingerprint density at radius 3 is 2.71 bits per heavy atom. The van der Waals surface area contributed by atoms with Gasteiger partial charge in [-0.3, -0.25) is 0 Å². The van der Waals surface area contributed by atoms with Crippen molar-refractivity contribution in [1.82, 2.24) is 4.98 Å². The molecule has 2 nitrogen and oxygen atoms in total. The molecule has 0 spiro atoms. The van der Waals surface area contributed by atoms with E-state index >= 15 is 0 Å². The lowest BCUT2D eigenvalue weighted by atomic mass is 10.2. The Morgan fingerprint density at radius 2 is 1.86 bits per heavy atom. The molecule has 106 valence electrons. The molecule has 0 aliphatic carbocycles. The number of ether oxygens (including phenoxy) is 1. The molecule has 0 aliphatic heterocycles. The topological polar surface area (TPSA) is 22.1 Å². The van der Waals surface area contributed by atoms with Crippen LogP contribution in [0.5, 0.6) is 5.75 Å². The molecule has 2 aromatic carbocycles. The zero-order chi connectivity index (χ0) is 14.7. The first kappa shape index (κ1) is 14.4. The number of benzene rings is 2. The number of rotatable bonds is 4. The second-order valence-corrected chi connectivity index (χ2v) is 5.60. The molecule has 0 bridgehead atoms. The van der Waals surface area contributed by atoms with Gasteiger partial charge in [-0.1, -0.05) is 57.9 Å². The smallest absolute Gasteiger partial charge is 0.130 e. The quantitative estimate of drug-likeness (QED) is 0.583. The summed E-state index contributed by atoms with van der Waals surface area (Å²) in [5, 5.41) is 2.49. The van der Waals surface area contributed by atoms with E-state index in [1.807, 2.05) is 48.5 Å². The van der Waals surface area contributed by atoms with Crippen molar-refractivity contribution >= 4 is 38.4 Å². The van der Waals surface area contributed by atoms with Crippen LogP contribution in [0.4, 0.5) is 0 Å². The number of alkyl halides is 1. The largest absolute Gasteiger partial charge is 0.487 e. The van der Waals surface area contributed by atoms with E-state index in [0.29, 0.717) is 17.0 Å². The van der Waals surface area contributed by atoms with Crippen LogP contribution in [0.2, 0.25) is 5.02 Å². The Balaban J connectivity index is 1.82. The normalized spacial score (nSPS) is 10.8. The van der Waals surface area contributed by atoms with Crippen molar-refractivity contribution in [2.75, 3.05) is 0 Å². The van der Waals surface area contributed by atoms with Gasteiger partial charge in [-0.25, -0.2) is 4.98 Å². The molecular weight excluding hydrogens is 350 g/mol. The first-order valence-electron chi connectivity index (χ1n) is 6.59. The second kappa shape index (κ2) is 6.46. The third-order valence-electron chi connectivity index (χ3n) is 3.24. The maximum absolute atomic E-state index is 6.16. The first-order valence-corrected chi connectivity index (χ1v) is 8.08. The number of pyridine rings is 1. The van der Waals surface area contributed by atoms with Gasteiger partial charge in [-0.05, 0) is 24.3 Å². The van der Waals surface area contributed by atoms with Crippen LogP contribution < -0.4 is 4.74 Å². The molecule has 0 aliphatic rings.